The lowest BCUT2D eigenvalue weighted by atomic mass is 10.1. The molecule has 2 N–H and O–H groups in total. The molecule has 104 valence electrons. The van der Waals surface area contributed by atoms with Gasteiger partial charge in [0.2, 0.25) is 0 Å². The number of hydrogen-bond acceptors (Lipinski definition) is 5. The Hall–Kier alpha value is -2.34. The Morgan fingerprint density at radius 1 is 1.40 bits per heavy atom. The molecule has 6 heteroatoms. The van der Waals surface area contributed by atoms with E-state index in [0.29, 0.717) is 18.8 Å². The van der Waals surface area contributed by atoms with E-state index < -0.39 is 0 Å². The maximum Gasteiger partial charge on any atom is 0.267 e. The molecule has 0 atom stereocenters. The molecular formula is C14H15N3O3. The summed E-state index contributed by atoms with van der Waals surface area (Å²) in [5, 5.41) is 4.22. The second-order valence-corrected chi connectivity index (χ2v) is 4.75. The van der Waals surface area contributed by atoms with E-state index in [9.17, 15) is 4.79 Å². The zero-order chi connectivity index (χ0) is 14.1. The van der Waals surface area contributed by atoms with Crippen LogP contribution in [0.15, 0.2) is 29.1 Å². The molecule has 0 amide bonds. The summed E-state index contributed by atoms with van der Waals surface area (Å²) in [5.41, 5.74) is 8.87. The van der Waals surface area contributed by atoms with E-state index in [0.717, 1.165) is 22.6 Å². The first-order valence-corrected chi connectivity index (χ1v) is 6.30. The molecule has 0 radical (unpaired) electrons. The van der Waals surface area contributed by atoms with Crippen molar-refractivity contribution in [1.82, 2.24) is 9.78 Å². The number of hydrogen-bond donors (Lipinski definition) is 1. The highest BCUT2D eigenvalue weighted by Gasteiger charge is 2.17. The Balaban J connectivity index is 2.04. The molecule has 2 aromatic rings. The third kappa shape index (κ3) is 2.37. The molecule has 0 unspecified atom stereocenters. The summed E-state index contributed by atoms with van der Waals surface area (Å²) >= 11 is 0. The van der Waals surface area contributed by atoms with Crippen LogP contribution in [0.2, 0.25) is 0 Å². The quantitative estimate of drug-likeness (QED) is 0.827. The van der Waals surface area contributed by atoms with E-state index in [1.165, 1.54) is 10.7 Å². The van der Waals surface area contributed by atoms with Gasteiger partial charge in [0.1, 0.15) is 5.75 Å². The zero-order valence-corrected chi connectivity index (χ0v) is 11.1. The first kappa shape index (κ1) is 12.7. The Morgan fingerprint density at radius 3 is 3.10 bits per heavy atom. The van der Waals surface area contributed by atoms with E-state index in [1.54, 1.807) is 12.1 Å². The second kappa shape index (κ2) is 4.97. The maximum atomic E-state index is 11.8. The Labute approximate surface area is 115 Å². The minimum atomic E-state index is -0.154. The van der Waals surface area contributed by atoms with Crippen LogP contribution in [-0.2, 0) is 17.9 Å². The first-order valence-electron chi connectivity index (χ1n) is 6.30. The van der Waals surface area contributed by atoms with Crippen LogP contribution < -0.4 is 16.0 Å². The molecule has 0 bridgehead atoms. The lowest BCUT2D eigenvalue weighted by molar-refractivity contribution is -0.0170. The summed E-state index contributed by atoms with van der Waals surface area (Å²) in [5.74, 6) is 0.737. The van der Waals surface area contributed by atoms with Gasteiger partial charge < -0.3 is 15.2 Å². The second-order valence-electron chi connectivity index (χ2n) is 4.75. The molecule has 1 aliphatic heterocycles. The monoisotopic (exact) mass is 273 g/mol. The summed E-state index contributed by atoms with van der Waals surface area (Å²) in [7, 11) is 0. The normalized spacial score (nSPS) is 13.7. The molecule has 0 saturated heterocycles. The number of rotatable bonds is 2. The average molecular weight is 273 g/mol. The van der Waals surface area contributed by atoms with Gasteiger partial charge in [-0.2, -0.15) is 5.10 Å². The molecular weight excluding hydrogens is 258 g/mol. The number of aromatic nitrogens is 2. The molecule has 1 aliphatic rings. The summed E-state index contributed by atoms with van der Waals surface area (Å²) in [6, 6.07) is 6.83. The maximum absolute atomic E-state index is 11.8. The van der Waals surface area contributed by atoms with Crippen molar-refractivity contribution in [2.75, 3.05) is 12.5 Å². The van der Waals surface area contributed by atoms with Gasteiger partial charge in [-0.1, -0.05) is 0 Å². The van der Waals surface area contributed by atoms with E-state index >= 15 is 0 Å². The lowest BCUT2D eigenvalue weighted by Crippen LogP contribution is -2.24. The van der Waals surface area contributed by atoms with Gasteiger partial charge in [-0.25, -0.2) is 4.68 Å². The topological polar surface area (TPSA) is 79.4 Å². The number of aryl methyl sites for hydroxylation is 1. The summed E-state index contributed by atoms with van der Waals surface area (Å²) in [6.07, 6.45) is 0. The van der Waals surface area contributed by atoms with Gasteiger partial charge in [0.25, 0.3) is 5.56 Å². The molecule has 0 aliphatic carbocycles. The van der Waals surface area contributed by atoms with Crippen LogP contribution >= 0.6 is 0 Å². The van der Waals surface area contributed by atoms with Crippen molar-refractivity contribution in [1.29, 1.82) is 0 Å². The molecule has 3 rings (SSSR count). The molecule has 2 heterocycles. The standard InChI is InChI=1S/C14H15N3O3/c1-9-2-3-13(18)17(16-9)6-10-4-12(15)5-11-7-19-8-20-14(10)11/h2-5H,6-8,15H2,1H3. The van der Waals surface area contributed by atoms with Crippen LogP contribution in [0.3, 0.4) is 0 Å². The first-order chi connectivity index (χ1) is 9.63. The van der Waals surface area contributed by atoms with Crippen molar-refractivity contribution in [2.24, 2.45) is 0 Å². The van der Waals surface area contributed by atoms with Crippen LogP contribution in [0, 0.1) is 6.92 Å². The summed E-state index contributed by atoms with van der Waals surface area (Å²) in [4.78, 5) is 11.8. The van der Waals surface area contributed by atoms with Crippen molar-refractivity contribution in [3.8, 4) is 5.75 Å². The fourth-order valence-electron chi connectivity index (χ4n) is 2.27. The number of ether oxygens (including phenoxy) is 2. The zero-order valence-electron chi connectivity index (χ0n) is 11.1. The smallest absolute Gasteiger partial charge is 0.267 e. The number of nitrogens with zero attached hydrogens (tertiary/aromatic N) is 2. The van der Waals surface area contributed by atoms with Crippen LogP contribution in [0.4, 0.5) is 5.69 Å². The van der Waals surface area contributed by atoms with Gasteiger partial charge in [-0.3, -0.25) is 4.79 Å². The minimum absolute atomic E-state index is 0.154. The molecule has 1 aromatic heterocycles. The number of nitrogen functional groups attached to an aromatic ring is 1. The van der Waals surface area contributed by atoms with Gasteiger partial charge in [0, 0.05) is 22.9 Å². The van der Waals surface area contributed by atoms with Gasteiger partial charge in [0.15, 0.2) is 6.79 Å². The van der Waals surface area contributed by atoms with Crippen molar-refractivity contribution < 1.29 is 9.47 Å². The van der Waals surface area contributed by atoms with Crippen LogP contribution in [-0.4, -0.2) is 16.6 Å². The molecule has 20 heavy (non-hydrogen) atoms. The Kier molecular flexibility index (Phi) is 3.15. The van der Waals surface area contributed by atoms with E-state index in [2.05, 4.69) is 5.10 Å². The lowest BCUT2D eigenvalue weighted by Gasteiger charge is -2.21. The average Bonchev–Trinajstić information content (AvgIpc) is 2.43. The number of fused-ring (bicyclic) bond motifs is 1. The van der Waals surface area contributed by atoms with Crippen LogP contribution in [0.25, 0.3) is 0 Å². The fourth-order valence-corrected chi connectivity index (χ4v) is 2.27. The van der Waals surface area contributed by atoms with Gasteiger partial charge in [-0.05, 0) is 25.1 Å². The highest BCUT2D eigenvalue weighted by atomic mass is 16.7. The number of benzene rings is 1. The van der Waals surface area contributed by atoms with Gasteiger partial charge in [0.05, 0.1) is 18.8 Å². The van der Waals surface area contributed by atoms with Crippen molar-refractivity contribution >= 4 is 5.69 Å². The number of nitrogens with two attached hydrogens (primary N) is 1. The highest BCUT2D eigenvalue weighted by Crippen LogP contribution is 2.30. The molecule has 6 nitrogen and oxygen atoms in total. The van der Waals surface area contributed by atoms with E-state index in [-0.39, 0.29) is 12.4 Å². The predicted octanol–water partition coefficient (Wildman–Crippen LogP) is 1.05. The van der Waals surface area contributed by atoms with Crippen molar-refractivity contribution in [2.45, 2.75) is 20.1 Å². The molecule has 0 saturated carbocycles. The Bertz CT molecular complexity index is 709. The summed E-state index contributed by atoms with van der Waals surface area (Å²) in [6.45, 7) is 2.84. The van der Waals surface area contributed by atoms with Crippen LogP contribution in [0.1, 0.15) is 16.8 Å². The van der Waals surface area contributed by atoms with Gasteiger partial charge in [-0.15, -0.1) is 0 Å². The van der Waals surface area contributed by atoms with Gasteiger partial charge >= 0.3 is 0 Å². The number of anilines is 1. The summed E-state index contributed by atoms with van der Waals surface area (Å²) < 4.78 is 12.2. The van der Waals surface area contributed by atoms with E-state index in [4.69, 9.17) is 15.2 Å². The fraction of sp³-hybridized carbons (Fsp3) is 0.286. The highest BCUT2D eigenvalue weighted by molar-refractivity contribution is 5.53. The third-order valence-electron chi connectivity index (χ3n) is 3.13. The van der Waals surface area contributed by atoms with Crippen LogP contribution in [0.5, 0.6) is 5.75 Å². The molecule has 0 spiro atoms. The predicted molar refractivity (Wildman–Crippen MR) is 73.5 cm³/mol. The Morgan fingerprint density at radius 2 is 2.25 bits per heavy atom. The van der Waals surface area contributed by atoms with Crippen molar-refractivity contribution in [3.63, 3.8) is 0 Å². The molecule has 0 fully saturated rings. The largest absolute Gasteiger partial charge is 0.467 e. The SMILES string of the molecule is Cc1ccc(=O)n(Cc2cc(N)cc3c2OCOC3)n1. The molecule has 1 aromatic carbocycles. The van der Waals surface area contributed by atoms with Crippen molar-refractivity contribution in [3.05, 3.63) is 51.4 Å². The van der Waals surface area contributed by atoms with E-state index in [1.807, 2.05) is 13.0 Å². The third-order valence-corrected chi connectivity index (χ3v) is 3.13. The minimum Gasteiger partial charge on any atom is -0.467 e.